The van der Waals surface area contributed by atoms with Gasteiger partial charge in [0.05, 0.1) is 10.9 Å². The number of hydrogen-bond donors (Lipinski definition) is 2. The van der Waals surface area contributed by atoms with Crippen LogP contribution < -0.4 is 10.6 Å². The summed E-state index contributed by atoms with van der Waals surface area (Å²) in [6, 6.07) is 16.8. The van der Waals surface area contributed by atoms with Crippen LogP contribution in [0, 0.1) is 12.8 Å². The van der Waals surface area contributed by atoms with Crippen LogP contribution in [0.2, 0.25) is 0 Å². The third-order valence-electron chi connectivity index (χ3n) is 7.00. The van der Waals surface area contributed by atoms with Gasteiger partial charge in [-0.3, -0.25) is 9.59 Å². The van der Waals surface area contributed by atoms with Crippen LogP contribution in [0.3, 0.4) is 0 Å². The Morgan fingerprint density at radius 3 is 2.88 bits per heavy atom. The fourth-order valence-electron chi connectivity index (χ4n) is 5.33. The molecule has 32 heavy (non-hydrogen) atoms. The average molecular weight is 447 g/mol. The first-order valence-electron chi connectivity index (χ1n) is 11.7. The van der Waals surface area contributed by atoms with E-state index in [0.29, 0.717) is 5.25 Å². The molecular formula is C27H30N2O2S. The van der Waals surface area contributed by atoms with Gasteiger partial charge in [0.25, 0.3) is 5.91 Å². The topological polar surface area (TPSA) is 58.2 Å². The monoisotopic (exact) mass is 446 g/mol. The highest BCUT2D eigenvalue weighted by molar-refractivity contribution is 8.04. The first kappa shape index (κ1) is 21.3. The number of thioether (sulfide) groups is 1. The maximum Gasteiger partial charge on any atom is 0.257 e. The van der Waals surface area contributed by atoms with Crippen LogP contribution in [-0.4, -0.2) is 23.1 Å². The lowest BCUT2D eigenvalue weighted by Crippen LogP contribution is -2.51. The van der Waals surface area contributed by atoms with E-state index in [9.17, 15) is 9.59 Å². The van der Waals surface area contributed by atoms with Crippen molar-refractivity contribution in [2.45, 2.75) is 62.8 Å². The van der Waals surface area contributed by atoms with Crippen molar-refractivity contribution in [3.63, 3.8) is 0 Å². The molecule has 4 nitrogen and oxygen atoms in total. The number of rotatable bonds is 3. The van der Waals surface area contributed by atoms with Crippen LogP contribution >= 0.6 is 11.8 Å². The van der Waals surface area contributed by atoms with E-state index in [0.717, 1.165) is 49.0 Å². The van der Waals surface area contributed by atoms with E-state index in [2.05, 4.69) is 54.0 Å². The van der Waals surface area contributed by atoms with Crippen molar-refractivity contribution in [3.8, 4) is 0 Å². The van der Waals surface area contributed by atoms with E-state index in [1.807, 2.05) is 18.2 Å². The number of benzene rings is 2. The van der Waals surface area contributed by atoms with Crippen molar-refractivity contribution in [2.24, 2.45) is 5.92 Å². The summed E-state index contributed by atoms with van der Waals surface area (Å²) in [5, 5.41) is 6.86. The molecule has 2 aromatic rings. The number of hydrogen-bond acceptors (Lipinski definition) is 3. The van der Waals surface area contributed by atoms with Gasteiger partial charge in [-0.1, -0.05) is 54.1 Å². The Balaban J connectivity index is 1.23. The standard InChI is InChI=1S/C27H30N2O2S/c1-17-6-4-7-18(14-17)15-25-27(31)29-23-16-20(12-13-24(23)32-25)26(30)28-22-11-5-9-19-8-2-3-10-21(19)22/h2-4,6-8,10,14-15,20,22-24H,5,9,11-13,16H2,1H3,(H,28,30)(H,29,31)/b25-15+. The molecule has 2 aliphatic carbocycles. The zero-order valence-electron chi connectivity index (χ0n) is 18.5. The van der Waals surface area contributed by atoms with Crippen LogP contribution in [-0.2, 0) is 16.0 Å². The maximum absolute atomic E-state index is 13.1. The van der Waals surface area contributed by atoms with Gasteiger partial charge in [0.2, 0.25) is 5.91 Å². The summed E-state index contributed by atoms with van der Waals surface area (Å²) in [4.78, 5) is 26.7. The van der Waals surface area contributed by atoms with E-state index in [1.165, 1.54) is 16.7 Å². The van der Waals surface area contributed by atoms with Crippen molar-refractivity contribution in [1.29, 1.82) is 0 Å². The number of fused-ring (bicyclic) bond motifs is 2. The minimum Gasteiger partial charge on any atom is -0.349 e. The van der Waals surface area contributed by atoms with Crippen LogP contribution in [0.15, 0.2) is 53.4 Å². The van der Waals surface area contributed by atoms with Gasteiger partial charge >= 0.3 is 0 Å². The number of aryl methyl sites for hydroxylation is 2. The Hall–Kier alpha value is -2.53. The number of nitrogens with one attached hydrogen (secondary N) is 2. The third-order valence-corrected chi connectivity index (χ3v) is 8.43. The molecule has 2 fully saturated rings. The second-order valence-electron chi connectivity index (χ2n) is 9.32. The Labute approximate surface area is 194 Å². The largest absolute Gasteiger partial charge is 0.349 e. The van der Waals surface area contributed by atoms with Crippen LogP contribution in [0.1, 0.15) is 60.4 Å². The molecule has 1 heterocycles. The van der Waals surface area contributed by atoms with E-state index in [1.54, 1.807) is 11.8 Å². The Kier molecular flexibility index (Phi) is 6.09. The minimum atomic E-state index is -0.0338. The molecule has 0 bridgehead atoms. The summed E-state index contributed by atoms with van der Waals surface area (Å²) in [6.45, 7) is 2.06. The second kappa shape index (κ2) is 9.14. The molecule has 2 N–H and O–H groups in total. The molecule has 5 heteroatoms. The Bertz CT molecular complexity index is 1060. The molecule has 0 radical (unpaired) electrons. The lowest BCUT2D eigenvalue weighted by molar-refractivity contribution is -0.128. The highest BCUT2D eigenvalue weighted by Gasteiger charge is 2.40. The number of carbonyl (C=O) groups excluding carboxylic acids is 2. The lowest BCUT2D eigenvalue weighted by Gasteiger charge is -2.39. The molecule has 0 spiro atoms. The Morgan fingerprint density at radius 1 is 1.12 bits per heavy atom. The van der Waals surface area contributed by atoms with Crippen LogP contribution in [0.4, 0.5) is 0 Å². The summed E-state index contributed by atoms with van der Waals surface area (Å²) in [7, 11) is 0. The quantitative estimate of drug-likeness (QED) is 0.658. The minimum absolute atomic E-state index is 0.0139. The SMILES string of the molecule is Cc1cccc(/C=C2/SC3CCC(C(=O)NC4CCCc5ccccc54)CC3NC2=O)c1. The van der Waals surface area contributed by atoms with E-state index < -0.39 is 0 Å². The highest BCUT2D eigenvalue weighted by atomic mass is 32.2. The van der Waals surface area contributed by atoms with Gasteiger partial charge in [-0.2, -0.15) is 0 Å². The van der Waals surface area contributed by atoms with Crippen LogP contribution in [0.5, 0.6) is 0 Å². The predicted octanol–water partition coefficient (Wildman–Crippen LogP) is 4.93. The normalized spacial score (nSPS) is 28.4. The molecule has 4 atom stereocenters. The average Bonchev–Trinajstić information content (AvgIpc) is 2.79. The van der Waals surface area contributed by atoms with Crippen molar-refractivity contribution in [1.82, 2.24) is 10.6 Å². The van der Waals surface area contributed by atoms with E-state index in [4.69, 9.17) is 0 Å². The molecule has 1 aliphatic heterocycles. The molecule has 3 aliphatic rings. The first-order chi connectivity index (χ1) is 15.6. The third kappa shape index (κ3) is 4.49. The van der Waals surface area contributed by atoms with Gasteiger partial charge in [-0.15, -0.1) is 11.8 Å². The predicted molar refractivity (Wildman–Crippen MR) is 130 cm³/mol. The molecule has 2 aromatic carbocycles. The highest BCUT2D eigenvalue weighted by Crippen LogP contribution is 2.40. The van der Waals surface area contributed by atoms with Gasteiger partial charge in [0.15, 0.2) is 0 Å². The number of carbonyl (C=O) groups is 2. The molecule has 2 amide bonds. The van der Waals surface area contributed by atoms with Crippen LogP contribution in [0.25, 0.3) is 6.08 Å². The van der Waals surface area contributed by atoms with Gasteiger partial charge in [0, 0.05) is 17.2 Å². The molecule has 1 saturated carbocycles. The van der Waals surface area contributed by atoms with Crippen molar-refractivity contribution >= 4 is 29.7 Å². The van der Waals surface area contributed by atoms with Crippen molar-refractivity contribution in [2.75, 3.05) is 0 Å². The van der Waals surface area contributed by atoms with Crippen molar-refractivity contribution < 1.29 is 9.59 Å². The van der Waals surface area contributed by atoms with Gasteiger partial charge in [-0.25, -0.2) is 0 Å². The van der Waals surface area contributed by atoms with Gasteiger partial charge < -0.3 is 10.6 Å². The number of amides is 2. The van der Waals surface area contributed by atoms with E-state index >= 15 is 0 Å². The molecule has 5 rings (SSSR count). The molecule has 166 valence electrons. The second-order valence-corrected chi connectivity index (χ2v) is 10.6. The Morgan fingerprint density at radius 2 is 2.00 bits per heavy atom. The molecule has 0 aromatic heterocycles. The lowest BCUT2D eigenvalue weighted by atomic mass is 9.83. The smallest absolute Gasteiger partial charge is 0.257 e. The fraction of sp³-hybridized carbons (Fsp3) is 0.407. The van der Waals surface area contributed by atoms with Gasteiger partial charge in [-0.05, 0) is 68.2 Å². The van der Waals surface area contributed by atoms with Crippen molar-refractivity contribution in [3.05, 3.63) is 75.7 Å². The van der Waals surface area contributed by atoms with E-state index in [-0.39, 0.29) is 29.8 Å². The first-order valence-corrected chi connectivity index (χ1v) is 12.6. The summed E-state index contributed by atoms with van der Waals surface area (Å²) in [6.07, 6.45) is 7.74. The summed E-state index contributed by atoms with van der Waals surface area (Å²) >= 11 is 1.68. The molecule has 1 saturated heterocycles. The zero-order chi connectivity index (χ0) is 22.1. The fourth-order valence-corrected chi connectivity index (χ4v) is 6.63. The summed E-state index contributed by atoms with van der Waals surface area (Å²) < 4.78 is 0. The zero-order valence-corrected chi connectivity index (χ0v) is 19.3. The summed E-state index contributed by atoms with van der Waals surface area (Å²) in [5.41, 5.74) is 4.87. The van der Waals surface area contributed by atoms with Gasteiger partial charge in [0.1, 0.15) is 0 Å². The maximum atomic E-state index is 13.1. The molecule has 4 unspecified atom stereocenters. The molecular weight excluding hydrogens is 416 g/mol. The summed E-state index contributed by atoms with van der Waals surface area (Å²) in [5.74, 6) is 0.0964.